The summed E-state index contributed by atoms with van der Waals surface area (Å²) in [4.78, 5) is 11.9. The van der Waals surface area contributed by atoms with Gasteiger partial charge in [0, 0.05) is 6.54 Å². The summed E-state index contributed by atoms with van der Waals surface area (Å²) in [6.07, 6.45) is 18.6. The van der Waals surface area contributed by atoms with Crippen LogP contribution in [0.5, 0.6) is 0 Å². The lowest BCUT2D eigenvalue weighted by Crippen LogP contribution is -2.29. The Balaban J connectivity index is 2.18. The third-order valence-electron chi connectivity index (χ3n) is 4.63. The lowest BCUT2D eigenvalue weighted by atomic mass is 9.99. The molecule has 0 bridgehead atoms. The molecule has 1 saturated carbocycles. The number of carbonyl (C=O) groups is 1. The second-order valence-electron chi connectivity index (χ2n) is 6.77. The van der Waals surface area contributed by atoms with Crippen molar-refractivity contribution in [2.45, 2.75) is 109 Å². The van der Waals surface area contributed by atoms with Crippen molar-refractivity contribution in [2.24, 2.45) is 0 Å². The zero-order valence-corrected chi connectivity index (χ0v) is 14.7. The van der Waals surface area contributed by atoms with Gasteiger partial charge >= 0.3 is 6.09 Å². The Morgan fingerprint density at radius 2 is 1.41 bits per heavy atom. The summed E-state index contributed by atoms with van der Waals surface area (Å²) in [6, 6.07) is 0. The Hall–Kier alpha value is -0.730. The van der Waals surface area contributed by atoms with E-state index in [4.69, 9.17) is 4.74 Å². The van der Waals surface area contributed by atoms with Crippen molar-refractivity contribution < 1.29 is 9.53 Å². The van der Waals surface area contributed by atoms with Crippen molar-refractivity contribution in [1.82, 2.24) is 5.32 Å². The van der Waals surface area contributed by atoms with Crippen LogP contribution in [0, 0.1) is 0 Å². The molecule has 130 valence electrons. The van der Waals surface area contributed by atoms with Gasteiger partial charge in [-0.05, 0) is 32.1 Å². The molecule has 0 atom stereocenters. The highest BCUT2D eigenvalue weighted by Crippen LogP contribution is 2.18. The van der Waals surface area contributed by atoms with E-state index in [1.165, 1.54) is 77.0 Å². The fourth-order valence-corrected chi connectivity index (χ4v) is 3.18. The third kappa shape index (κ3) is 10.9. The van der Waals surface area contributed by atoms with Gasteiger partial charge in [-0.2, -0.15) is 0 Å². The Morgan fingerprint density at radius 1 is 0.864 bits per heavy atom. The van der Waals surface area contributed by atoms with Crippen LogP contribution in [0.4, 0.5) is 4.79 Å². The standard InChI is InChI=1S/C19H37NO2/c1-2-3-4-14-17-20-19(21)22-18-15-12-10-8-6-5-7-9-11-13-16-18/h18H,2-17H2,1H3,(H,20,21). The summed E-state index contributed by atoms with van der Waals surface area (Å²) >= 11 is 0. The number of nitrogens with one attached hydrogen (secondary N) is 1. The SMILES string of the molecule is CCCCCCNC(=O)OC1CCCCCCCCCCC1. The number of amides is 1. The maximum Gasteiger partial charge on any atom is 0.407 e. The second-order valence-corrected chi connectivity index (χ2v) is 6.77. The molecule has 22 heavy (non-hydrogen) atoms. The Labute approximate surface area is 137 Å². The van der Waals surface area contributed by atoms with Gasteiger partial charge in [0.25, 0.3) is 0 Å². The molecule has 0 spiro atoms. The van der Waals surface area contributed by atoms with Crippen molar-refractivity contribution >= 4 is 6.09 Å². The quantitative estimate of drug-likeness (QED) is 0.614. The van der Waals surface area contributed by atoms with Crippen LogP contribution in [-0.2, 0) is 4.74 Å². The molecule has 1 aliphatic rings. The molecule has 3 nitrogen and oxygen atoms in total. The molecule has 1 aliphatic carbocycles. The molecule has 3 heteroatoms. The molecule has 0 heterocycles. The van der Waals surface area contributed by atoms with Crippen LogP contribution >= 0.6 is 0 Å². The van der Waals surface area contributed by atoms with Crippen molar-refractivity contribution in [2.75, 3.05) is 6.54 Å². The molecule has 1 rings (SSSR count). The lowest BCUT2D eigenvalue weighted by molar-refractivity contribution is 0.0839. The molecule has 0 aromatic carbocycles. The summed E-state index contributed by atoms with van der Waals surface area (Å²) in [6.45, 7) is 2.96. The number of rotatable bonds is 6. The van der Waals surface area contributed by atoms with E-state index in [1.807, 2.05) is 0 Å². The van der Waals surface area contributed by atoms with Gasteiger partial charge in [-0.1, -0.05) is 71.1 Å². The van der Waals surface area contributed by atoms with E-state index in [1.54, 1.807) is 0 Å². The van der Waals surface area contributed by atoms with Crippen molar-refractivity contribution in [3.05, 3.63) is 0 Å². The Bertz CT molecular complexity index is 256. The maximum atomic E-state index is 11.9. The first-order chi connectivity index (χ1) is 10.8. The van der Waals surface area contributed by atoms with Gasteiger partial charge in [0.15, 0.2) is 0 Å². The molecule has 1 amide bonds. The molecule has 1 N–H and O–H groups in total. The largest absolute Gasteiger partial charge is 0.446 e. The van der Waals surface area contributed by atoms with E-state index in [2.05, 4.69) is 12.2 Å². The smallest absolute Gasteiger partial charge is 0.407 e. The molecule has 0 radical (unpaired) electrons. The summed E-state index contributed by atoms with van der Waals surface area (Å²) < 4.78 is 5.65. The van der Waals surface area contributed by atoms with Gasteiger partial charge in [-0.3, -0.25) is 0 Å². The Kier molecular flexibility index (Phi) is 12.2. The van der Waals surface area contributed by atoms with E-state index in [-0.39, 0.29) is 12.2 Å². The molecule has 0 aromatic heterocycles. The van der Waals surface area contributed by atoms with Gasteiger partial charge in [0.2, 0.25) is 0 Å². The molecular formula is C19H37NO2. The van der Waals surface area contributed by atoms with E-state index >= 15 is 0 Å². The number of alkyl carbamates (subject to hydrolysis) is 1. The topological polar surface area (TPSA) is 38.3 Å². The highest BCUT2D eigenvalue weighted by atomic mass is 16.6. The summed E-state index contributed by atoms with van der Waals surface area (Å²) in [5.74, 6) is 0. The predicted molar refractivity (Wildman–Crippen MR) is 93.2 cm³/mol. The average Bonchev–Trinajstić information content (AvgIpc) is 2.50. The van der Waals surface area contributed by atoms with Crippen LogP contribution < -0.4 is 5.32 Å². The number of unbranched alkanes of at least 4 members (excludes halogenated alkanes) is 3. The van der Waals surface area contributed by atoms with Crippen LogP contribution in [0.2, 0.25) is 0 Å². The van der Waals surface area contributed by atoms with Gasteiger partial charge < -0.3 is 10.1 Å². The van der Waals surface area contributed by atoms with Crippen LogP contribution in [0.25, 0.3) is 0 Å². The summed E-state index contributed by atoms with van der Waals surface area (Å²) in [7, 11) is 0. The summed E-state index contributed by atoms with van der Waals surface area (Å²) in [5.41, 5.74) is 0. The zero-order chi connectivity index (χ0) is 15.9. The highest BCUT2D eigenvalue weighted by Gasteiger charge is 2.14. The fraction of sp³-hybridized carbons (Fsp3) is 0.947. The van der Waals surface area contributed by atoms with Crippen LogP contribution in [0.15, 0.2) is 0 Å². The number of hydrogen-bond acceptors (Lipinski definition) is 2. The average molecular weight is 312 g/mol. The zero-order valence-electron chi connectivity index (χ0n) is 14.7. The minimum absolute atomic E-state index is 0.134. The van der Waals surface area contributed by atoms with Crippen molar-refractivity contribution in [3.8, 4) is 0 Å². The van der Waals surface area contributed by atoms with E-state index in [0.717, 1.165) is 25.8 Å². The Morgan fingerprint density at radius 3 is 1.95 bits per heavy atom. The van der Waals surface area contributed by atoms with Crippen molar-refractivity contribution in [1.29, 1.82) is 0 Å². The minimum Gasteiger partial charge on any atom is -0.446 e. The molecule has 0 unspecified atom stereocenters. The maximum absolute atomic E-state index is 11.9. The second kappa shape index (κ2) is 13.9. The number of ether oxygens (including phenoxy) is 1. The molecule has 0 aromatic rings. The first-order valence-corrected chi connectivity index (χ1v) is 9.77. The molecule has 0 aliphatic heterocycles. The van der Waals surface area contributed by atoms with Gasteiger partial charge in [-0.25, -0.2) is 4.79 Å². The summed E-state index contributed by atoms with van der Waals surface area (Å²) in [5, 5.41) is 2.91. The normalized spacial score (nSPS) is 19.0. The molecular weight excluding hydrogens is 274 g/mol. The van der Waals surface area contributed by atoms with Crippen LogP contribution in [0.3, 0.4) is 0 Å². The minimum atomic E-state index is -0.200. The molecule has 1 fully saturated rings. The monoisotopic (exact) mass is 311 g/mol. The first kappa shape index (κ1) is 19.3. The number of hydrogen-bond donors (Lipinski definition) is 1. The lowest BCUT2D eigenvalue weighted by Gasteiger charge is -2.19. The van der Waals surface area contributed by atoms with E-state index < -0.39 is 0 Å². The van der Waals surface area contributed by atoms with Gasteiger partial charge in [0.05, 0.1) is 0 Å². The van der Waals surface area contributed by atoms with Gasteiger partial charge in [0.1, 0.15) is 6.10 Å². The van der Waals surface area contributed by atoms with Crippen LogP contribution in [-0.4, -0.2) is 18.7 Å². The third-order valence-corrected chi connectivity index (χ3v) is 4.63. The van der Waals surface area contributed by atoms with E-state index in [9.17, 15) is 4.79 Å². The first-order valence-electron chi connectivity index (χ1n) is 9.77. The fourth-order valence-electron chi connectivity index (χ4n) is 3.18. The van der Waals surface area contributed by atoms with E-state index in [0.29, 0.717) is 0 Å². The predicted octanol–water partition coefficient (Wildman–Crippen LogP) is 5.97. The van der Waals surface area contributed by atoms with Crippen molar-refractivity contribution in [3.63, 3.8) is 0 Å². The number of carbonyl (C=O) groups excluding carboxylic acids is 1. The van der Waals surface area contributed by atoms with Crippen LogP contribution in [0.1, 0.15) is 103 Å². The molecule has 0 saturated heterocycles. The van der Waals surface area contributed by atoms with Gasteiger partial charge in [-0.15, -0.1) is 0 Å². The highest BCUT2D eigenvalue weighted by molar-refractivity contribution is 5.67.